The highest BCUT2D eigenvalue weighted by atomic mass is 79.9. The number of unbranched alkanes of at least 4 members (excludes halogenated alkanes) is 6. The summed E-state index contributed by atoms with van der Waals surface area (Å²) in [5.41, 5.74) is 3.22. The van der Waals surface area contributed by atoms with Crippen molar-refractivity contribution < 1.29 is 0 Å². The Morgan fingerprint density at radius 1 is 0.594 bits per heavy atom. The van der Waals surface area contributed by atoms with Crippen LogP contribution in [0.4, 0.5) is 0 Å². The van der Waals surface area contributed by atoms with E-state index in [2.05, 4.69) is 95.7 Å². The Kier molecular flexibility index (Phi) is 14.5. The topological polar surface area (TPSA) is 0 Å². The molecule has 0 unspecified atom stereocenters. The zero-order chi connectivity index (χ0) is 24.4. The van der Waals surface area contributed by atoms with Crippen molar-refractivity contribution in [2.75, 3.05) is 0 Å². The van der Waals surface area contributed by atoms with Crippen molar-refractivity contribution in [3.8, 4) is 0 Å². The van der Waals surface area contributed by atoms with Crippen molar-refractivity contribution in [1.29, 1.82) is 0 Å². The van der Waals surface area contributed by atoms with Crippen LogP contribution in [0.25, 0.3) is 0 Å². The molecule has 0 saturated heterocycles. The van der Waals surface area contributed by atoms with Crippen molar-refractivity contribution >= 4 is 79.7 Å². The summed E-state index contributed by atoms with van der Waals surface area (Å²) in [5, 5.41) is 4.56. The van der Waals surface area contributed by atoms with E-state index in [1.54, 1.807) is 20.1 Å². The molecule has 184 valence electrons. The first-order valence-corrected chi connectivity index (χ1v) is 22.8. The van der Waals surface area contributed by atoms with Crippen LogP contribution in [0.5, 0.6) is 0 Å². The van der Waals surface area contributed by atoms with Crippen LogP contribution in [0.3, 0.4) is 0 Å². The summed E-state index contributed by atoms with van der Waals surface area (Å²) < 4.78 is 6.09. The standard InChI is InChI=1S/2C13H23BrSSi/c2*1-5-6-7-8-9-11-12(14)10-15-13(11)16(2,3)4/h2*10H,5-9H2,1-4H3. The van der Waals surface area contributed by atoms with Crippen molar-refractivity contribution in [1.82, 2.24) is 0 Å². The summed E-state index contributed by atoms with van der Waals surface area (Å²) in [6, 6.07) is 0. The summed E-state index contributed by atoms with van der Waals surface area (Å²) >= 11 is 11.3. The number of halogens is 2. The van der Waals surface area contributed by atoms with Crippen molar-refractivity contribution in [3.63, 3.8) is 0 Å². The van der Waals surface area contributed by atoms with Gasteiger partial charge in [0.05, 0.1) is 16.1 Å². The Balaban J connectivity index is 0.000000320. The van der Waals surface area contributed by atoms with Crippen LogP contribution in [0.1, 0.15) is 76.3 Å². The van der Waals surface area contributed by atoms with E-state index in [9.17, 15) is 0 Å². The fourth-order valence-electron chi connectivity index (χ4n) is 3.90. The lowest BCUT2D eigenvalue weighted by atomic mass is 10.1. The molecular weight excluding hydrogens is 592 g/mol. The molecule has 0 radical (unpaired) electrons. The maximum Gasteiger partial charge on any atom is 0.0908 e. The Morgan fingerprint density at radius 2 is 0.938 bits per heavy atom. The zero-order valence-electron chi connectivity index (χ0n) is 21.8. The minimum absolute atomic E-state index is 1.14. The van der Waals surface area contributed by atoms with E-state index < -0.39 is 16.1 Å². The van der Waals surface area contributed by atoms with E-state index in [0.717, 1.165) is 0 Å². The predicted octanol–water partition coefficient (Wildman–Crippen LogP) is 10.4. The second kappa shape index (κ2) is 15.0. The van der Waals surface area contributed by atoms with Gasteiger partial charge < -0.3 is 0 Å². The van der Waals surface area contributed by atoms with Crippen LogP contribution in [0, 0.1) is 0 Å². The molecule has 2 aromatic heterocycles. The monoisotopic (exact) mass is 636 g/mol. The molecule has 0 saturated carbocycles. The van der Waals surface area contributed by atoms with Gasteiger partial charge in [-0.25, -0.2) is 0 Å². The van der Waals surface area contributed by atoms with Crippen LogP contribution >= 0.6 is 54.5 Å². The third-order valence-electron chi connectivity index (χ3n) is 5.61. The quantitative estimate of drug-likeness (QED) is 0.160. The summed E-state index contributed by atoms with van der Waals surface area (Å²) in [7, 11) is -2.27. The van der Waals surface area contributed by atoms with Gasteiger partial charge in [0.25, 0.3) is 0 Å². The Bertz CT molecular complexity index is 717. The lowest BCUT2D eigenvalue weighted by molar-refractivity contribution is 0.667. The van der Waals surface area contributed by atoms with E-state index in [-0.39, 0.29) is 0 Å². The largest absolute Gasteiger partial charge is 0.152 e. The molecule has 0 aliphatic rings. The number of hydrogen-bond donors (Lipinski definition) is 0. The third-order valence-corrected chi connectivity index (χ3v) is 17.0. The summed E-state index contributed by atoms with van der Waals surface area (Å²) in [6.07, 6.45) is 13.4. The van der Waals surface area contributed by atoms with E-state index in [1.165, 1.54) is 73.2 Å². The van der Waals surface area contributed by atoms with Crippen molar-refractivity contribution in [2.45, 2.75) is 117 Å². The van der Waals surface area contributed by atoms with Gasteiger partial charge in [0, 0.05) is 19.7 Å². The van der Waals surface area contributed by atoms with Gasteiger partial charge in [-0.3, -0.25) is 0 Å². The molecule has 2 heterocycles. The van der Waals surface area contributed by atoms with Gasteiger partial charge in [-0.15, -0.1) is 0 Å². The van der Waals surface area contributed by atoms with Gasteiger partial charge in [0.1, 0.15) is 0 Å². The minimum atomic E-state index is -1.14. The van der Waals surface area contributed by atoms with Crippen LogP contribution in [0.2, 0.25) is 39.3 Å². The van der Waals surface area contributed by atoms with Crippen LogP contribution < -0.4 is 9.00 Å². The Labute approximate surface area is 226 Å². The maximum absolute atomic E-state index is 3.71. The molecule has 6 heteroatoms. The molecule has 0 N–H and O–H groups in total. The normalized spacial score (nSPS) is 12.1. The molecule has 0 aliphatic carbocycles. The molecule has 0 nitrogen and oxygen atoms in total. The van der Waals surface area contributed by atoms with E-state index in [0.29, 0.717) is 0 Å². The third kappa shape index (κ3) is 10.6. The first-order valence-electron chi connectivity index (χ1n) is 12.5. The SMILES string of the molecule is CCCCCCc1c(Br)csc1[Si](C)(C)C.CCCCCCc1c(Br)csc1[Si](C)(C)C. The molecule has 0 bridgehead atoms. The lowest BCUT2D eigenvalue weighted by Gasteiger charge is -2.17. The van der Waals surface area contributed by atoms with E-state index >= 15 is 0 Å². The molecule has 0 amide bonds. The molecule has 0 spiro atoms. The smallest absolute Gasteiger partial charge is 0.0908 e. The first-order chi connectivity index (χ1) is 14.9. The van der Waals surface area contributed by atoms with E-state index in [1.807, 2.05) is 22.7 Å². The average Bonchev–Trinajstić information content (AvgIpc) is 3.25. The van der Waals surface area contributed by atoms with Gasteiger partial charge in [-0.2, -0.15) is 22.7 Å². The highest BCUT2D eigenvalue weighted by Gasteiger charge is 2.24. The molecule has 0 aliphatic heterocycles. The molecular formula is C26H46Br2S2Si2. The molecule has 32 heavy (non-hydrogen) atoms. The first kappa shape index (κ1) is 30.8. The predicted molar refractivity (Wildman–Crippen MR) is 166 cm³/mol. The van der Waals surface area contributed by atoms with Crippen molar-refractivity contribution in [3.05, 3.63) is 30.8 Å². The van der Waals surface area contributed by atoms with Crippen LogP contribution in [-0.2, 0) is 12.8 Å². The molecule has 0 aromatic carbocycles. The number of rotatable bonds is 12. The van der Waals surface area contributed by atoms with Gasteiger partial charge in [-0.1, -0.05) is 91.7 Å². The summed E-state index contributed by atoms with van der Waals surface area (Å²) in [4.78, 5) is 0. The molecule has 2 rings (SSSR count). The molecule has 2 aromatic rings. The average molecular weight is 639 g/mol. The number of hydrogen-bond acceptors (Lipinski definition) is 2. The van der Waals surface area contributed by atoms with E-state index in [4.69, 9.17) is 0 Å². The highest BCUT2D eigenvalue weighted by Crippen LogP contribution is 2.26. The summed E-state index contributed by atoms with van der Waals surface area (Å²) in [5.74, 6) is 0. The van der Waals surface area contributed by atoms with Crippen LogP contribution in [-0.4, -0.2) is 16.1 Å². The lowest BCUT2D eigenvalue weighted by Crippen LogP contribution is -2.37. The molecule has 0 fully saturated rings. The van der Waals surface area contributed by atoms with Crippen molar-refractivity contribution in [2.24, 2.45) is 0 Å². The Morgan fingerprint density at radius 3 is 1.22 bits per heavy atom. The Hall–Kier alpha value is 0.794. The highest BCUT2D eigenvalue weighted by molar-refractivity contribution is 9.11. The summed E-state index contributed by atoms with van der Waals surface area (Å²) in [6.45, 7) is 19.2. The second-order valence-electron chi connectivity index (χ2n) is 10.9. The molecule has 0 atom stereocenters. The fourth-order valence-corrected chi connectivity index (χ4v) is 12.8. The van der Waals surface area contributed by atoms with Gasteiger partial charge >= 0.3 is 0 Å². The maximum atomic E-state index is 3.71. The zero-order valence-corrected chi connectivity index (χ0v) is 28.6. The van der Waals surface area contributed by atoms with Gasteiger partial charge in [-0.05, 0) is 77.7 Å². The fraction of sp³-hybridized carbons (Fsp3) is 0.692. The van der Waals surface area contributed by atoms with Gasteiger partial charge in [0.2, 0.25) is 0 Å². The van der Waals surface area contributed by atoms with Crippen LogP contribution in [0.15, 0.2) is 19.7 Å². The minimum Gasteiger partial charge on any atom is -0.152 e. The van der Waals surface area contributed by atoms with Gasteiger partial charge in [0.15, 0.2) is 0 Å². The number of thiophene rings is 2. The second-order valence-corrected chi connectivity index (χ2v) is 25.1.